The summed E-state index contributed by atoms with van der Waals surface area (Å²) in [6.07, 6.45) is -0.0327. The second-order valence-electron chi connectivity index (χ2n) is 5.57. The van der Waals surface area contributed by atoms with Gasteiger partial charge in [0.2, 0.25) is 5.91 Å². The van der Waals surface area contributed by atoms with Gasteiger partial charge in [0, 0.05) is 31.0 Å². The van der Waals surface area contributed by atoms with E-state index in [4.69, 9.17) is 0 Å². The van der Waals surface area contributed by atoms with Gasteiger partial charge in [0.25, 0.3) is 11.2 Å². The van der Waals surface area contributed by atoms with E-state index in [1.165, 1.54) is 17.8 Å². The molecule has 9 heteroatoms. The normalized spacial score (nSPS) is 16.2. The second kappa shape index (κ2) is 6.67. The molecule has 3 rings (SSSR count). The minimum atomic E-state index is -0.697. The summed E-state index contributed by atoms with van der Waals surface area (Å²) in [5, 5.41) is 14.6. The van der Waals surface area contributed by atoms with Gasteiger partial charge in [-0.25, -0.2) is 0 Å². The third-order valence-corrected chi connectivity index (χ3v) is 5.00. The molecule has 0 bridgehead atoms. The summed E-state index contributed by atoms with van der Waals surface area (Å²) in [7, 11) is 1.71. The SMILES string of the molecule is CCSc1nc(=O)c2c(n1C)NC(=O)CC2c1ccccc1[N+](=O)[O-]. The van der Waals surface area contributed by atoms with Crippen molar-refractivity contribution >= 4 is 29.2 Å². The van der Waals surface area contributed by atoms with Crippen LogP contribution in [0, 0.1) is 10.1 Å². The molecule has 2 aromatic rings. The number of aromatic nitrogens is 2. The van der Waals surface area contributed by atoms with Gasteiger partial charge in [0.1, 0.15) is 5.82 Å². The number of hydrogen-bond acceptors (Lipinski definition) is 6. The van der Waals surface area contributed by atoms with Crippen LogP contribution in [0.5, 0.6) is 0 Å². The molecule has 0 spiro atoms. The van der Waals surface area contributed by atoms with Crippen molar-refractivity contribution in [2.75, 3.05) is 11.1 Å². The lowest BCUT2D eigenvalue weighted by molar-refractivity contribution is -0.385. The molecule has 1 aliphatic heterocycles. The third-order valence-electron chi connectivity index (χ3n) is 4.08. The molecule has 1 amide bonds. The minimum Gasteiger partial charge on any atom is -0.312 e. The first kappa shape index (κ1) is 17.2. The number of amides is 1. The first-order chi connectivity index (χ1) is 11.9. The van der Waals surface area contributed by atoms with Gasteiger partial charge in [0.05, 0.1) is 10.5 Å². The Morgan fingerprint density at radius 2 is 2.12 bits per heavy atom. The van der Waals surface area contributed by atoms with Crippen LogP contribution in [0.25, 0.3) is 0 Å². The number of anilines is 1. The summed E-state index contributed by atoms with van der Waals surface area (Å²) in [6, 6.07) is 6.18. The summed E-state index contributed by atoms with van der Waals surface area (Å²) >= 11 is 1.39. The molecule has 0 aliphatic carbocycles. The molecule has 1 aromatic heterocycles. The van der Waals surface area contributed by atoms with Crippen LogP contribution >= 0.6 is 11.8 Å². The van der Waals surface area contributed by atoms with Gasteiger partial charge in [-0.2, -0.15) is 4.98 Å². The van der Waals surface area contributed by atoms with Gasteiger partial charge >= 0.3 is 0 Å². The average Bonchev–Trinajstić information content (AvgIpc) is 2.58. The molecule has 0 radical (unpaired) electrons. The van der Waals surface area contributed by atoms with E-state index in [9.17, 15) is 19.7 Å². The minimum absolute atomic E-state index is 0.0327. The summed E-state index contributed by atoms with van der Waals surface area (Å²) in [4.78, 5) is 39.8. The Labute approximate surface area is 147 Å². The van der Waals surface area contributed by atoms with E-state index >= 15 is 0 Å². The Hall–Kier alpha value is -2.68. The molecular weight excluding hydrogens is 344 g/mol. The molecule has 1 aliphatic rings. The number of hydrogen-bond donors (Lipinski definition) is 1. The number of benzene rings is 1. The molecule has 8 nitrogen and oxygen atoms in total. The number of nitro groups is 1. The fourth-order valence-electron chi connectivity index (χ4n) is 3.01. The number of rotatable bonds is 4. The predicted octanol–water partition coefficient (Wildman–Crippen LogP) is 2.27. The van der Waals surface area contributed by atoms with Crippen LogP contribution in [0.3, 0.4) is 0 Å². The fraction of sp³-hybridized carbons (Fsp3) is 0.312. The molecule has 2 heterocycles. The summed E-state index contributed by atoms with van der Waals surface area (Å²) in [6.45, 7) is 1.94. The zero-order chi connectivity index (χ0) is 18.1. The predicted molar refractivity (Wildman–Crippen MR) is 94.1 cm³/mol. The molecule has 1 aromatic carbocycles. The second-order valence-corrected chi connectivity index (χ2v) is 6.81. The van der Waals surface area contributed by atoms with Crippen molar-refractivity contribution in [3.05, 3.63) is 55.9 Å². The van der Waals surface area contributed by atoms with Crippen molar-refractivity contribution < 1.29 is 9.72 Å². The molecule has 0 fully saturated rings. The van der Waals surface area contributed by atoms with Gasteiger partial charge in [0.15, 0.2) is 5.16 Å². The molecule has 1 N–H and O–H groups in total. The summed E-state index contributed by atoms with van der Waals surface area (Å²) < 4.78 is 1.66. The van der Waals surface area contributed by atoms with Crippen molar-refractivity contribution in [1.82, 2.24) is 9.55 Å². The van der Waals surface area contributed by atoms with E-state index in [0.29, 0.717) is 16.5 Å². The number of thioether (sulfide) groups is 1. The smallest absolute Gasteiger partial charge is 0.279 e. The average molecular weight is 360 g/mol. The maximum atomic E-state index is 12.6. The lowest BCUT2D eigenvalue weighted by Crippen LogP contribution is -2.33. The topological polar surface area (TPSA) is 107 Å². The van der Waals surface area contributed by atoms with Crippen LogP contribution in [-0.4, -0.2) is 26.1 Å². The number of nitrogens with one attached hydrogen (secondary N) is 1. The van der Waals surface area contributed by atoms with Gasteiger partial charge in [-0.05, 0) is 5.75 Å². The largest absolute Gasteiger partial charge is 0.312 e. The molecular formula is C16H16N4O4S. The van der Waals surface area contributed by atoms with Gasteiger partial charge in [-0.15, -0.1) is 0 Å². The maximum Gasteiger partial charge on any atom is 0.279 e. The molecule has 25 heavy (non-hydrogen) atoms. The van der Waals surface area contributed by atoms with E-state index < -0.39 is 16.4 Å². The Bertz CT molecular complexity index is 925. The van der Waals surface area contributed by atoms with Crippen LogP contribution < -0.4 is 10.9 Å². The van der Waals surface area contributed by atoms with Crippen molar-refractivity contribution in [3.8, 4) is 0 Å². The molecule has 0 saturated carbocycles. The van der Waals surface area contributed by atoms with E-state index in [1.54, 1.807) is 29.8 Å². The van der Waals surface area contributed by atoms with Gasteiger partial charge < -0.3 is 9.88 Å². The molecule has 130 valence electrons. The highest BCUT2D eigenvalue weighted by Gasteiger charge is 2.35. The van der Waals surface area contributed by atoms with E-state index in [-0.39, 0.29) is 23.6 Å². The van der Waals surface area contributed by atoms with E-state index in [0.717, 1.165) is 5.75 Å². The van der Waals surface area contributed by atoms with Crippen LogP contribution in [0.2, 0.25) is 0 Å². The lowest BCUT2D eigenvalue weighted by Gasteiger charge is -2.27. The van der Waals surface area contributed by atoms with Gasteiger partial charge in [-0.1, -0.05) is 36.9 Å². The zero-order valence-electron chi connectivity index (χ0n) is 13.7. The van der Waals surface area contributed by atoms with Crippen molar-refractivity contribution in [2.24, 2.45) is 7.05 Å². The summed E-state index contributed by atoms with van der Waals surface area (Å²) in [5.74, 6) is 0.0949. The third kappa shape index (κ3) is 3.02. The number of nitrogens with zero attached hydrogens (tertiary/aromatic N) is 3. The van der Waals surface area contributed by atoms with E-state index in [1.807, 2.05) is 6.92 Å². The molecule has 1 unspecified atom stereocenters. The highest BCUT2D eigenvalue weighted by Crippen LogP contribution is 2.39. The number of para-hydroxylation sites is 1. The van der Waals surface area contributed by atoms with Crippen molar-refractivity contribution in [3.63, 3.8) is 0 Å². The first-order valence-electron chi connectivity index (χ1n) is 7.71. The van der Waals surface area contributed by atoms with Crippen LogP contribution in [0.4, 0.5) is 11.5 Å². The standard InChI is InChI=1S/C16H16N4O4S/c1-3-25-16-18-15(22)13-10(8-12(21)17-14(13)19(16)2)9-6-4-5-7-11(9)20(23)24/h4-7,10H,3,8H2,1-2H3,(H,17,21). The number of carbonyl (C=O) groups excluding carboxylic acids is 1. The van der Waals surface area contributed by atoms with Crippen molar-refractivity contribution in [2.45, 2.75) is 24.4 Å². The number of carbonyl (C=O) groups is 1. The Kier molecular flexibility index (Phi) is 4.58. The fourth-order valence-corrected chi connectivity index (χ4v) is 3.70. The first-order valence-corrected chi connectivity index (χ1v) is 8.69. The zero-order valence-corrected chi connectivity index (χ0v) is 14.5. The Morgan fingerprint density at radius 1 is 1.40 bits per heavy atom. The lowest BCUT2D eigenvalue weighted by atomic mass is 9.86. The summed E-state index contributed by atoms with van der Waals surface area (Å²) in [5.41, 5.74) is 0.0599. The quantitative estimate of drug-likeness (QED) is 0.388. The van der Waals surface area contributed by atoms with Gasteiger partial charge in [-0.3, -0.25) is 19.7 Å². The van der Waals surface area contributed by atoms with Crippen LogP contribution in [0.15, 0.2) is 34.2 Å². The van der Waals surface area contributed by atoms with Crippen molar-refractivity contribution in [1.29, 1.82) is 0 Å². The maximum absolute atomic E-state index is 12.6. The Balaban J connectivity index is 2.25. The monoisotopic (exact) mass is 360 g/mol. The highest BCUT2D eigenvalue weighted by molar-refractivity contribution is 7.99. The van der Waals surface area contributed by atoms with E-state index in [2.05, 4.69) is 10.3 Å². The number of nitro benzene ring substituents is 1. The van der Waals surface area contributed by atoms with Crippen LogP contribution in [0.1, 0.15) is 30.4 Å². The molecule has 0 saturated heterocycles. The molecule has 1 atom stereocenters. The van der Waals surface area contributed by atoms with Crippen LogP contribution in [-0.2, 0) is 11.8 Å². The highest BCUT2D eigenvalue weighted by atomic mass is 32.2. The number of fused-ring (bicyclic) bond motifs is 1. The Morgan fingerprint density at radius 3 is 2.80 bits per heavy atom.